The van der Waals surface area contributed by atoms with E-state index in [1.165, 1.54) is 6.07 Å². The molecule has 0 unspecified atom stereocenters. The summed E-state index contributed by atoms with van der Waals surface area (Å²) in [6.45, 7) is 1.96. The van der Waals surface area contributed by atoms with Gasteiger partial charge in [-0.25, -0.2) is 4.79 Å². The molecule has 0 bridgehead atoms. The van der Waals surface area contributed by atoms with Crippen molar-refractivity contribution in [1.29, 1.82) is 0 Å². The lowest BCUT2D eigenvalue weighted by Crippen LogP contribution is -1.98. The van der Waals surface area contributed by atoms with E-state index >= 15 is 0 Å². The first-order valence-corrected chi connectivity index (χ1v) is 6.79. The van der Waals surface area contributed by atoms with Gasteiger partial charge in [0.15, 0.2) is 0 Å². The Kier molecular flexibility index (Phi) is 2.36. The molecule has 2 aromatic heterocycles. The molecule has 2 heterocycles. The van der Waals surface area contributed by atoms with Crippen LogP contribution >= 0.6 is 0 Å². The Morgan fingerprint density at radius 3 is 2.67 bits per heavy atom. The van der Waals surface area contributed by atoms with Gasteiger partial charge in [0.1, 0.15) is 16.9 Å². The molecule has 0 aliphatic rings. The molecule has 0 aliphatic heterocycles. The highest BCUT2D eigenvalue weighted by Gasteiger charge is 2.16. The van der Waals surface area contributed by atoms with E-state index in [-0.39, 0.29) is 11.3 Å². The van der Waals surface area contributed by atoms with Crippen molar-refractivity contribution in [2.24, 2.45) is 0 Å². The molecule has 0 spiro atoms. The summed E-state index contributed by atoms with van der Waals surface area (Å²) >= 11 is 0. The van der Waals surface area contributed by atoms with Crippen LogP contribution < -0.4 is 5.63 Å². The summed E-state index contributed by atoms with van der Waals surface area (Å²) in [4.78, 5) is 12.1. The maximum Gasteiger partial charge on any atom is 0.380 e. The molecule has 0 atom stereocenters. The fraction of sp³-hybridized carbons (Fsp3) is 0.118. The molecule has 4 nitrogen and oxygen atoms in total. The third-order valence-electron chi connectivity index (χ3n) is 3.81. The molecule has 0 saturated heterocycles. The van der Waals surface area contributed by atoms with Gasteiger partial charge in [0, 0.05) is 22.2 Å². The van der Waals surface area contributed by atoms with Gasteiger partial charge < -0.3 is 13.9 Å². The highest BCUT2D eigenvalue weighted by Crippen LogP contribution is 2.35. The zero-order chi connectivity index (χ0) is 14.6. The second-order valence-corrected chi connectivity index (χ2v) is 5.02. The largest absolute Gasteiger partial charge is 0.508 e. The molecule has 0 fully saturated rings. The second-order valence-electron chi connectivity index (χ2n) is 5.02. The van der Waals surface area contributed by atoms with E-state index < -0.39 is 5.63 Å². The van der Waals surface area contributed by atoms with Gasteiger partial charge in [-0.1, -0.05) is 25.1 Å². The molecule has 4 rings (SSSR count). The van der Waals surface area contributed by atoms with E-state index in [0.717, 1.165) is 21.7 Å². The number of fused-ring (bicyclic) bond motifs is 5. The van der Waals surface area contributed by atoms with E-state index in [2.05, 4.69) is 0 Å². The van der Waals surface area contributed by atoms with Crippen LogP contribution in [0.15, 0.2) is 50.0 Å². The maximum atomic E-state index is 12.1. The van der Waals surface area contributed by atoms with E-state index in [9.17, 15) is 9.90 Å². The van der Waals surface area contributed by atoms with Crippen molar-refractivity contribution >= 4 is 32.9 Å². The van der Waals surface area contributed by atoms with Crippen molar-refractivity contribution in [2.75, 3.05) is 0 Å². The fourth-order valence-electron chi connectivity index (χ4n) is 2.78. The van der Waals surface area contributed by atoms with E-state index in [0.29, 0.717) is 17.6 Å². The number of para-hydroxylation sites is 1. The molecule has 4 aromatic rings. The summed E-state index contributed by atoms with van der Waals surface area (Å²) in [7, 11) is 0. The molecule has 0 amide bonds. The molecule has 2 aromatic carbocycles. The number of furan rings is 1. The van der Waals surface area contributed by atoms with Crippen LogP contribution in [0.3, 0.4) is 0 Å². The zero-order valence-electron chi connectivity index (χ0n) is 11.3. The van der Waals surface area contributed by atoms with Crippen molar-refractivity contribution in [3.63, 3.8) is 0 Å². The lowest BCUT2D eigenvalue weighted by molar-refractivity contribution is 0.466. The van der Waals surface area contributed by atoms with E-state index in [1.54, 1.807) is 0 Å². The number of aromatic hydroxyl groups is 1. The molecular formula is C17H12O4. The van der Waals surface area contributed by atoms with Gasteiger partial charge in [-0.2, -0.15) is 0 Å². The topological polar surface area (TPSA) is 63.6 Å². The predicted octanol–water partition coefficient (Wildman–Crippen LogP) is 3.96. The summed E-state index contributed by atoms with van der Waals surface area (Å²) < 4.78 is 10.9. The minimum absolute atomic E-state index is 0.139. The number of hydrogen-bond acceptors (Lipinski definition) is 4. The minimum Gasteiger partial charge on any atom is -0.508 e. The molecule has 1 N–H and O–H groups in total. The zero-order valence-corrected chi connectivity index (χ0v) is 11.3. The third kappa shape index (κ3) is 1.59. The predicted molar refractivity (Wildman–Crippen MR) is 80.8 cm³/mol. The lowest BCUT2D eigenvalue weighted by atomic mass is 10.0. The Bertz CT molecular complexity index is 1050. The number of aryl methyl sites for hydroxylation is 1. The van der Waals surface area contributed by atoms with E-state index in [1.807, 2.05) is 37.3 Å². The highest BCUT2D eigenvalue weighted by molar-refractivity contribution is 6.17. The van der Waals surface area contributed by atoms with Crippen LogP contribution in [0.2, 0.25) is 0 Å². The van der Waals surface area contributed by atoms with Crippen molar-refractivity contribution in [1.82, 2.24) is 0 Å². The SMILES string of the molecule is CCc1cc2c(cc1O)oc(=O)c1oc3ccccc3c12. The first-order chi connectivity index (χ1) is 10.2. The van der Waals surface area contributed by atoms with Gasteiger partial charge in [0.2, 0.25) is 5.58 Å². The van der Waals surface area contributed by atoms with Gasteiger partial charge in [-0.05, 0) is 24.1 Å². The van der Waals surface area contributed by atoms with Gasteiger partial charge in [-0.15, -0.1) is 0 Å². The first-order valence-electron chi connectivity index (χ1n) is 6.79. The minimum atomic E-state index is -0.530. The Hall–Kier alpha value is -2.75. The Morgan fingerprint density at radius 1 is 1.05 bits per heavy atom. The van der Waals surface area contributed by atoms with Gasteiger partial charge in [0.25, 0.3) is 0 Å². The van der Waals surface area contributed by atoms with Crippen LogP contribution in [-0.4, -0.2) is 5.11 Å². The van der Waals surface area contributed by atoms with Gasteiger partial charge in [0.05, 0.1) is 0 Å². The third-order valence-corrected chi connectivity index (χ3v) is 3.81. The molecule has 0 radical (unpaired) electrons. The molecule has 4 heteroatoms. The maximum absolute atomic E-state index is 12.1. The molecular weight excluding hydrogens is 268 g/mol. The number of phenolic OH excluding ortho intramolecular Hbond substituents is 1. The Balaban J connectivity index is 2.33. The van der Waals surface area contributed by atoms with Crippen molar-refractivity contribution in [3.8, 4) is 5.75 Å². The summed E-state index contributed by atoms with van der Waals surface area (Å²) in [6, 6.07) is 10.9. The van der Waals surface area contributed by atoms with Crippen LogP contribution in [0.5, 0.6) is 5.75 Å². The van der Waals surface area contributed by atoms with Crippen LogP contribution in [0.1, 0.15) is 12.5 Å². The fourth-order valence-corrected chi connectivity index (χ4v) is 2.78. The highest BCUT2D eigenvalue weighted by atomic mass is 16.4. The van der Waals surface area contributed by atoms with Crippen molar-refractivity contribution in [3.05, 3.63) is 52.4 Å². The quantitative estimate of drug-likeness (QED) is 0.536. The standard InChI is InChI=1S/C17H12O4/c1-2-9-7-11-14(8-12(9)18)21-17(19)16-15(11)10-5-3-4-6-13(10)20-16/h3-8,18H,2H2,1H3. The summed E-state index contributed by atoms with van der Waals surface area (Å²) in [5.41, 5.74) is 1.52. The average molecular weight is 280 g/mol. The first kappa shape index (κ1) is 12.0. The average Bonchev–Trinajstić information content (AvgIpc) is 2.87. The van der Waals surface area contributed by atoms with Gasteiger partial charge >= 0.3 is 5.63 Å². The Morgan fingerprint density at radius 2 is 1.86 bits per heavy atom. The van der Waals surface area contributed by atoms with Gasteiger partial charge in [-0.3, -0.25) is 0 Å². The van der Waals surface area contributed by atoms with Crippen LogP contribution in [-0.2, 0) is 6.42 Å². The normalized spacial score (nSPS) is 11.7. The summed E-state index contributed by atoms with van der Waals surface area (Å²) in [5, 5.41) is 12.3. The monoisotopic (exact) mass is 280 g/mol. The molecule has 0 aliphatic carbocycles. The summed E-state index contributed by atoms with van der Waals surface area (Å²) in [5.74, 6) is 0.139. The molecule has 0 saturated carbocycles. The second kappa shape index (κ2) is 4.12. The number of benzene rings is 2. The molecule has 21 heavy (non-hydrogen) atoms. The summed E-state index contributed by atoms with van der Waals surface area (Å²) in [6.07, 6.45) is 0.693. The molecule has 104 valence electrons. The van der Waals surface area contributed by atoms with Crippen LogP contribution in [0, 0.1) is 0 Å². The van der Waals surface area contributed by atoms with Crippen LogP contribution in [0.4, 0.5) is 0 Å². The van der Waals surface area contributed by atoms with Crippen LogP contribution in [0.25, 0.3) is 32.9 Å². The number of rotatable bonds is 1. The van der Waals surface area contributed by atoms with E-state index in [4.69, 9.17) is 8.83 Å². The van der Waals surface area contributed by atoms with Crippen molar-refractivity contribution < 1.29 is 13.9 Å². The smallest absolute Gasteiger partial charge is 0.380 e. The van der Waals surface area contributed by atoms with Crippen molar-refractivity contribution in [2.45, 2.75) is 13.3 Å². The number of hydrogen-bond donors (Lipinski definition) is 1. The number of phenols is 1. The lowest BCUT2D eigenvalue weighted by Gasteiger charge is -2.04. The Labute approximate surface area is 119 Å².